The molecular formula is C19H21FN4O. The fraction of sp³-hybridized carbons (Fsp3) is 0.368. The number of hydrogen-bond acceptors (Lipinski definition) is 4. The van der Waals surface area contributed by atoms with Crippen molar-refractivity contribution in [2.75, 3.05) is 13.1 Å². The van der Waals surface area contributed by atoms with E-state index in [-0.39, 0.29) is 11.9 Å². The van der Waals surface area contributed by atoms with Crippen LogP contribution in [0.3, 0.4) is 0 Å². The number of imidazole rings is 1. The molecule has 130 valence electrons. The van der Waals surface area contributed by atoms with Gasteiger partial charge in [0.05, 0.1) is 18.1 Å². The first-order valence-electron chi connectivity index (χ1n) is 8.64. The van der Waals surface area contributed by atoms with E-state index in [9.17, 15) is 4.39 Å². The van der Waals surface area contributed by atoms with E-state index < -0.39 is 0 Å². The van der Waals surface area contributed by atoms with Gasteiger partial charge in [-0.2, -0.15) is 0 Å². The fourth-order valence-electron chi connectivity index (χ4n) is 3.50. The van der Waals surface area contributed by atoms with Gasteiger partial charge in [-0.3, -0.25) is 4.90 Å². The molecule has 6 heteroatoms. The Labute approximate surface area is 146 Å². The van der Waals surface area contributed by atoms with Crippen LogP contribution >= 0.6 is 0 Å². The zero-order valence-electron chi connectivity index (χ0n) is 14.2. The van der Waals surface area contributed by atoms with Gasteiger partial charge in [-0.25, -0.2) is 9.37 Å². The molecule has 5 nitrogen and oxygen atoms in total. The minimum atomic E-state index is -0.225. The lowest BCUT2D eigenvalue weighted by atomic mass is 10.0. The lowest BCUT2D eigenvalue weighted by Gasteiger charge is -2.35. The Morgan fingerprint density at radius 1 is 1.16 bits per heavy atom. The first-order chi connectivity index (χ1) is 12.2. The molecule has 1 aliphatic heterocycles. The topological polar surface area (TPSA) is 47.1 Å². The van der Waals surface area contributed by atoms with Crippen LogP contribution in [0.2, 0.25) is 0 Å². The third kappa shape index (κ3) is 3.35. The van der Waals surface area contributed by atoms with Gasteiger partial charge in [0, 0.05) is 37.0 Å². The summed E-state index contributed by atoms with van der Waals surface area (Å²) >= 11 is 0. The third-order valence-corrected chi connectivity index (χ3v) is 5.10. The van der Waals surface area contributed by atoms with Crippen molar-refractivity contribution in [1.82, 2.24) is 19.6 Å². The van der Waals surface area contributed by atoms with Crippen molar-refractivity contribution in [2.24, 2.45) is 0 Å². The van der Waals surface area contributed by atoms with Gasteiger partial charge >= 0.3 is 0 Å². The van der Waals surface area contributed by atoms with E-state index in [0.717, 1.165) is 42.9 Å². The summed E-state index contributed by atoms with van der Waals surface area (Å²) in [7, 11) is 0. The molecule has 0 radical (unpaired) electrons. The molecule has 3 heterocycles. The zero-order chi connectivity index (χ0) is 17.2. The molecule has 1 aromatic carbocycles. The SMILES string of the molecule is C[C@H](c1ccon1)N1CCC(n2cnc(-c3ccc(F)cc3)c2)CC1. The molecule has 2 aromatic heterocycles. The van der Waals surface area contributed by atoms with Crippen molar-refractivity contribution in [3.8, 4) is 11.3 Å². The molecular weight excluding hydrogens is 319 g/mol. The smallest absolute Gasteiger partial charge is 0.124 e. The highest BCUT2D eigenvalue weighted by Gasteiger charge is 2.25. The molecule has 1 atom stereocenters. The predicted octanol–water partition coefficient (Wildman–Crippen LogP) is 4.08. The van der Waals surface area contributed by atoms with Crippen LogP contribution in [0, 0.1) is 5.82 Å². The monoisotopic (exact) mass is 340 g/mol. The summed E-state index contributed by atoms with van der Waals surface area (Å²) in [5.41, 5.74) is 2.82. The normalized spacial score (nSPS) is 17.7. The van der Waals surface area contributed by atoms with Crippen LogP contribution in [0.15, 0.2) is 53.6 Å². The minimum absolute atomic E-state index is 0.225. The third-order valence-electron chi connectivity index (χ3n) is 5.10. The van der Waals surface area contributed by atoms with Gasteiger partial charge in [-0.1, -0.05) is 5.16 Å². The largest absolute Gasteiger partial charge is 0.364 e. The quantitative estimate of drug-likeness (QED) is 0.718. The Morgan fingerprint density at radius 3 is 2.60 bits per heavy atom. The molecule has 0 spiro atoms. The molecule has 0 saturated carbocycles. The van der Waals surface area contributed by atoms with E-state index in [0.29, 0.717) is 6.04 Å². The Hall–Kier alpha value is -2.47. The maximum atomic E-state index is 13.1. The number of aromatic nitrogens is 3. The van der Waals surface area contributed by atoms with Crippen LogP contribution in [0.4, 0.5) is 4.39 Å². The number of benzene rings is 1. The Morgan fingerprint density at radius 2 is 1.92 bits per heavy atom. The molecule has 0 amide bonds. The molecule has 3 aromatic rings. The molecule has 0 aliphatic carbocycles. The number of nitrogens with zero attached hydrogens (tertiary/aromatic N) is 4. The van der Waals surface area contributed by atoms with Crippen LogP contribution in [0.25, 0.3) is 11.3 Å². The lowest BCUT2D eigenvalue weighted by molar-refractivity contribution is 0.139. The number of piperidine rings is 1. The van der Waals surface area contributed by atoms with Crippen molar-refractivity contribution in [1.29, 1.82) is 0 Å². The first kappa shape index (κ1) is 16.0. The van der Waals surface area contributed by atoms with Crippen molar-refractivity contribution >= 4 is 0 Å². The zero-order valence-corrected chi connectivity index (χ0v) is 14.2. The Kier molecular flexibility index (Phi) is 4.36. The van der Waals surface area contributed by atoms with E-state index in [2.05, 4.69) is 32.7 Å². The summed E-state index contributed by atoms with van der Waals surface area (Å²) in [4.78, 5) is 6.93. The van der Waals surface area contributed by atoms with Crippen LogP contribution in [-0.4, -0.2) is 32.7 Å². The maximum absolute atomic E-state index is 13.1. The molecule has 4 rings (SSSR count). The number of likely N-dealkylation sites (tertiary alicyclic amines) is 1. The molecule has 1 aliphatic rings. The molecule has 25 heavy (non-hydrogen) atoms. The van der Waals surface area contributed by atoms with Crippen LogP contribution < -0.4 is 0 Å². The second-order valence-electron chi connectivity index (χ2n) is 6.58. The number of halogens is 1. The van der Waals surface area contributed by atoms with Crippen molar-refractivity contribution in [3.05, 3.63) is 60.6 Å². The summed E-state index contributed by atoms with van der Waals surface area (Å²) in [6, 6.07) is 9.13. The average Bonchev–Trinajstić information content (AvgIpc) is 3.34. The average molecular weight is 340 g/mol. The fourth-order valence-corrected chi connectivity index (χ4v) is 3.50. The highest BCUT2D eigenvalue weighted by Crippen LogP contribution is 2.29. The van der Waals surface area contributed by atoms with Gasteiger partial charge in [0.1, 0.15) is 17.8 Å². The van der Waals surface area contributed by atoms with Gasteiger partial charge in [0.2, 0.25) is 0 Å². The Balaban J connectivity index is 1.40. The molecule has 0 N–H and O–H groups in total. The van der Waals surface area contributed by atoms with Crippen molar-refractivity contribution in [3.63, 3.8) is 0 Å². The number of rotatable bonds is 4. The minimum Gasteiger partial charge on any atom is -0.364 e. The maximum Gasteiger partial charge on any atom is 0.124 e. The lowest BCUT2D eigenvalue weighted by Crippen LogP contribution is -2.36. The van der Waals surface area contributed by atoms with E-state index in [4.69, 9.17) is 4.52 Å². The van der Waals surface area contributed by atoms with Crippen molar-refractivity contribution < 1.29 is 8.91 Å². The second kappa shape index (κ2) is 6.80. The van der Waals surface area contributed by atoms with Gasteiger partial charge in [-0.05, 0) is 44.0 Å². The molecule has 1 saturated heterocycles. The standard InChI is InChI=1S/C19H21FN4O/c1-14(18-8-11-25-22-18)23-9-6-17(7-10-23)24-12-19(21-13-24)15-2-4-16(20)5-3-15/h2-5,8,11-14,17H,6-7,9-10H2,1H3/t14-/m1/s1. The molecule has 0 unspecified atom stereocenters. The van der Waals surface area contributed by atoms with E-state index in [1.165, 1.54) is 12.1 Å². The predicted molar refractivity (Wildman–Crippen MR) is 92.4 cm³/mol. The Bertz CT molecular complexity index is 804. The highest BCUT2D eigenvalue weighted by atomic mass is 19.1. The first-order valence-corrected chi connectivity index (χ1v) is 8.64. The van der Waals surface area contributed by atoms with Gasteiger partial charge < -0.3 is 9.09 Å². The van der Waals surface area contributed by atoms with Crippen LogP contribution in [0.5, 0.6) is 0 Å². The van der Waals surface area contributed by atoms with Gasteiger partial charge in [0.15, 0.2) is 0 Å². The van der Waals surface area contributed by atoms with E-state index >= 15 is 0 Å². The van der Waals surface area contributed by atoms with E-state index in [1.807, 2.05) is 12.4 Å². The molecule has 0 bridgehead atoms. The summed E-state index contributed by atoms with van der Waals surface area (Å²) in [6.07, 6.45) is 7.72. The van der Waals surface area contributed by atoms with Crippen LogP contribution in [0.1, 0.15) is 37.5 Å². The van der Waals surface area contributed by atoms with E-state index in [1.54, 1.807) is 18.4 Å². The van der Waals surface area contributed by atoms with Gasteiger partial charge in [-0.15, -0.1) is 0 Å². The summed E-state index contributed by atoms with van der Waals surface area (Å²) in [6.45, 7) is 4.20. The number of hydrogen-bond donors (Lipinski definition) is 0. The second-order valence-corrected chi connectivity index (χ2v) is 6.58. The highest BCUT2D eigenvalue weighted by molar-refractivity contribution is 5.57. The van der Waals surface area contributed by atoms with Crippen LogP contribution in [-0.2, 0) is 0 Å². The summed E-state index contributed by atoms with van der Waals surface area (Å²) < 4.78 is 20.2. The van der Waals surface area contributed by atoms with Crippen molar-refractivity contribution in [2.45, 2.75) is 31.8 Å². The summed E-state index contributed by atoms with van der Waals surface area (Å²) in [5, 5.41) is 4.05. The van der Waals surface area contributed by atoms with Gasteiger partial charge in [0.25, 0.3) is 0 Å². The molecule has 1 fully saturated rings. The summed E-state index contributed by atoms with van der Waals surface area (Å²) in [5.74, 6) is -0.225.